The lowest BCUT2D eigenvalue weighted by molar-refractivity contribution is -0.116. The SMILES string of the molecule is Cc1ccc(Br)cc1NC(=O)CCCCl. The topological polar surface area (TPSA) is 29.1 Å². The fourth-order valence-electron chi connectivity index (χ4n) is 1.17. The summed E-state index contributed by atoms with van der Waals surface area (Å²) in [6, 6.07) is 5.80. The minimum atomic E-state index is 0.0110. The smallest absolute Gasteiger partial charge is 0.224 e. The number of hydrogen-bond acceptors (Lipinski definition) is 1. The molecule has 0 bridgehead atoms. The molecule has 1 rings (SSSR count). The van der Waals surface area contributed by atoms with Gasteiger partial charge in [-0.2, -0.15) is 0 Å². The lowest BCUT2D eigenvalue weighted by Crippen LogP contribution is -2.12. The Hall–Kier alpha value is -0.540. The maximum atomic E-state index is 11.4. The molecule has 2 nitrogen and oxygen atoms in total. The number of carbonyl (C=O) groups excluding carboxylic acids is 1. The van der Waals surface area contributed by atoms with E-state index in [9.17, 15) is 4.79 Å². The molecular formula is C11H13BrClNO. The van der Waals surface area contributed by atoms with E-state index in [2.05, 4.69) is 21.2 Å². The van der Waals surface area contributed by atoms with Gasteiger partial charge in [0.2, 0.25) is 5.91 Å². The molecule has 1 amide bonds. The number of aryl methyl sites for hydroxylation is 1. The molecule has 0 fully saturated rings. The van der Waals surface area contributed by atoms with Gasteiger partial charge in [-0.1, -0.05) is 22.0 Å². The molecule has 1 aromatic carbocycles. The van der Waals surface area contributed by atoms with Crippen LogP contribution in [0.1, 0.15) is 18.4 Å². The van der Waals surface area contributed by atoms with Crippen molar-refractivity contribution in [3.63, 3.8) is 0 Å². The summed E-state index contributed by atoms with van der Waals surface area (Å²) in [4.78, 5) is 11.4. The molecule has 4 heteroatoms. The molecule has 0 saturated carbocycles. The first-order chi connectivity index (χ1) is 7.13. The predicted molar refractivity (Wildman–Crippen MR) is 67.5 cm³/mol. The molecule has 0 heterocycles. The minimum absolute atomic E-state index is 0.0110. The lowest BCUT2D eigenvalue weighted by Gasteiger charge is -2.08. The van der Waals surface area contributed by atoms with E-state index in [-0.39, 0.29) is 5.91 Å². The summed E-state index contributed by atoms with van der Waals surface area (Å²) < 4.78 is 0.959. The van der Waals surface area contributed by atoms with E-state index in [1.165, 1.54) is 0 Å². The van der Waals surface area contributed by atoms with Gasteiger partial charge in [0, 0.05) is 22.5 Å². The maximum absolute atomic E-state index is 11.4. The molecule has 1 N–H and O–H groups in total. The average molecular weight is 291 g/mol. The normalized spacial score (nSPS) is 10.1. The predicted octanol–water partition coefficient (Wildman–Crippen LogP) is 3.72. The lowest BCUT2D eigenvalue weighted by atomic mass is 10.2. The van der Waals surface area contributed by atoms with E-state index in [1.807, 2.05) is 25.1 Å². The van der Waals surface area contributed by atoms with E-state index in [0.29, 0.717) is 18.7 Å². The van der Waals surface area contributed by atoms with Crippen LogP contribution in [0.2, 0.25) is 0 Å². The van der Waals surface area contributed by atoms with E-state index < -0.39 is 0 Å². The van der Waals surface area contributed by atoms with Crippen molar-refractivity contribution in [3.8, 4) is 0 Å². The summed E-state index contributed by atoms with van der Waals surface area (Å²) >= 11 is 8.88. The summed E-state index contributed by atoms with van der Waals surface area (Å²) in [5.74, 6) is 0.530. The summed E-state index contributed by atoms with van der Waals surface area (Å²) in [5, 5.41) is 2.86. The molecule has 0 unspecified atom stereocenters. The molecule has 0 aliphatic rings. The van der Waals surface area contributed by atoms with Crippen LogP contribution in [-0.4, -0.2) is 11.8 Å². The fraction of sp³-hybridized carbons (Fsp3) is 0.364. The number of carbonyl (C=O) groups is 1. The number of benzene rings is 1. The van der Waals surface area contributed by atoms with Crippen LogP contribution in [0.4, 0.5) is 5.69 Å². The molecule has 0 spiro atoms. The van der Waals surface area contributed by atoms with Crippen molar-refractivity contribution in [3.05, 3.63) is 28.2 Å². The minimum Gasteiger partial charge on any atom is -0.326 e. The van der Waals surface area contributed by atoms with E-state index in [0.717, 1.165) is 15.7 Å². The molecule has 1 aromatic rings. The van der Waals surface area contributed by atoms with Gasteiger partial charge in [-0.05, 0) is 31.0 Å². The van der Waals surface area contributed by atoms with Crippen molar-refractivity contribution < 1.29 is 4.79 Å². The van der Waals surface area contributed by atoms with Gasteiger partial charge >= 0.3 is 0 Å². The van der Waals surface area contributed by atoms with Crippen LogP contribution in [-0.2, 0) is 4.79 Å². The Labute approximate surface area is 103 Å². The van der Waals surface area contributed by atoms with Crippen molar-refractivity contribution in [2.24, 2.45) is 0 Å². The van der Waals surface area contributed by atoms with Crippen LogP contribution in [0.25, 0.3) is 0 Å². The van der Waals surface area contributed by atoms with Crippen LogP contribution in [0.5, 0.6) is 0 Å². The summed E-state index contributed by atoms with van der Waals surface area (Å²) in [6.45, 7) is 1.96. The highest BCUT2D eigenvalue weighted by atomic mass is 79.9. The second-order valence-corrected chi connectivity index (χ2v) is 4.59. The zero-order valence-corrected chi connectivity index (χ0v) is 10.9. The van der Waals surface area contributed by atoms with Crippen molar-refractivity contribution in [1.82, 2.24) is 0 Å². The maximum Gasteiger partial charge on any atom is 0.224 e. The van der Waals surface area contributed by atoms with Crippen LogP contribution in [0.15, 0.2) is 22.7 Å². The molecule has 0 saturated heterocycles. The molecule has 0 aromatic heterocycles. The quantitative estimate of drug-likeness (QED) is 0.841. The van der Waals surface area contributed by atoms with E-state index in [1.54, 1.807) is 0 Å². The molecular weight excluding hydrogens is 277 g/mol. The molecule has 0 aliphatic carbocycles. The van der Waals surface area contributed by atoms with Gasteiger partial charge in [0.25, 0.3) is 0 Å². The standard InChI is InChI=1S/C11H13BrClNO/c1-8-4-5-9(12)7-10(8)14-11(15)3-2-6-13/h4-5,7H,2-3,6H2,1H3,(H,14,15). The van der Waals surface area contributed by atoms with Gasteiger partial charge < -0.3 is 5.32 Å². The highest BCUT2D eigenvalue weighted by molar-refractivity contribution is 9.10. The summed E-state index contributed by atoms with van der Waals surface area (Å²) in [5.41, 5.74) is 1.90. The zero-order chi connectivity index (χ0) is 11.3. The second-order valence-electron chi connectivity index (χ2n) is 3.30. The first kappa shape index (κ1) is 12.5. The Morgan fingerprint density at radius 3 is 2.93 bits per heavy atom. The van der Waals surface area contributed by atoms with Crippen molar-refractivity contribution in [2.75, 3.05) is 11.2 Å². The Bertz CT molecular complexity index is 354. The van der Waals surface area contributed by atoms with Crippen LogP contribution in [0.3, 0.4) is 0 Å². The van der Waals surface area contributed by atoms with Gasteiger partial charge in [-0.25, -0.2) is 0 Å². The van der Waals surface area contributed by atoms with Crippen molar-refractivity contribution in [1.29, 1.82) is 0 Å². The third-order valence-corrected chi connectivity index (χ3v) is 2.77. The third kappa shape index (κ3) is 4.22. The molecule has 0 radical (unpaired) electrons. The van der Waals surface area contributed by atoms with E-state index in [4.69, 9.17) is 11.6 Å². The van der Waals surface area contributed by atoms with Crippen LogP contribution >= 0.6 is 27.5 Å². The molecule has 0 atom stereocenters. The Morgan fingerprint density at radius 1 is 1.53 bits per heavy atom. The highest BCUT2D eigenvalue weighted by Crippen LogP contribution is 2.20. The fourth-order valence-corrected chi connectivity index (χ4v) is 1.66. The first-order valence-electron chi connectivity index (χ1n) is 4.75. The van der Waals surface area contributed by atoms with Gasteiger partial charge in [-0.15, -0.1) is 11.6 Å². The number of halogens is 2. The monoisotopic (exact) mass is 289 g/mol. The third-order valence-electron chi connectivity index (χ3n) is 2.01. The average Bonchev–Trinajstić information content (AvgIpc) is 2.20. The number of alkyl halides is 1. The number of anilines is 1. The summed E-state index contributed by atoms with van der Waals surface area (Å²) in [6.07, 6.45) is 1.18. The molecule has 15 heavy (non-hydrogen) atoms. The Balaban J connectivity index is 2.63. The summed E-state index contributed by atoms with van der Waals surface area (Å²) in [7, 11) is 0. The largest absolute Gasteiger partial charge is 0.326 e. The van der Waals surface area contributed by atoms with E-state index >= 15 is 0 Å². The van der Waals surface area contributed by atoms with Gasteiger partial charge in [0.1, 0.15) is 0 Å². The van der Waals surface area contributed by atoms with Crippen LogP contribution < -0.4 is 5.32 Å². The van der Waals surface area contributed by atoms with Crippen molar-refractivity contribution in [2.45, 2.75) is 19.8 Å². The number of amides is 1. The number of rotatable bonds is 4. The highest BCUT2D eigenvalue weighted by Gasteiger charge is 2.04. The molecule has 82 valence electrons. The van der Waals surface area contributed by atoms with Crippen molar-refractivity contribution >= 4 is 39.1 Å². The van der Waals surface area contributed by atoms with Gasteiger partial charge in [-0.3, -0.25) is 4.79 Å². The molecule has 0 aliphatic heterocycles. The second kappa shape index (κ2) is 6.13. The number of hydrogen-bond donors (Lipinski definition) is 1. The Morgan fingerprint density at radius 2 is 2.27 bits per heavy atom. The van der Waals surface area contributed by atoms with Gasteiger partial charge in [0.15, 0.2) is 0 Å². The van der Waals surface area contributed by atoms with Gasteiger partial charge in [0.05, 0.1) is 0 Å². The zero-order valence-electron chi connectivity index (χ0n) is 8.52. The number of nitrogens with one attached hydrogen (secondary N) is 1. The Kier molecular flexibility index (Phi) is 5.12. The first-order valence-corrected chi connectivity index (χ1v) is 6.08. The van der Waals surface area contributed by atoms with Crippen LogP contribution in [0, 0.1) is 6.92 Å².